The molecule has 1 atom stereocenters. The molecule has 7 nitrogen and oxygen atoms in total. The molecule has 0 spiro atoms. The Kier molecular flexibility index (Phi) is 12.3. The van der Waals surface area contributed by atoms with Crippen molar-refractivity contribution in [1.82, 2.24) is 10.2 Å². The van der Waals surface area contributed by atoms with Gasteiger partial charge in [-0.25, -0.2) is 8.42 Å². The maximum atomic E-state index is 14.0. The average Bonchev–Trinajstić information content (AvgIpc) is 3.48. The van der Waals surface area contributed by atoms with E-state index in [1.807, 2.05) is 30.3 Å². The second-order valence-electron chi connectivity index (χ2n) is 11.0. The third-order valence-electron chi connectivity index (χ3n) is 7.66. The van der Waals surface area contributed by atoms with E-state index in [4.69, 9.17) is 46.4 Å². The molecule has 1 saturated carbocycles. The van der Waals surface area contributed by atoms with E-state index in [1.54, 1.807) is 29.2 Å². The van der Waals surface area contributed by atoms with Crippen molar-refractivity contribution in [2.24, 2.45) is 0 Å². The first kappa shape index (κ1) is 34.4. The fourth-order valence-electron chi connectivity index (χ4n) is 5.41. The minimum atomic E-state index is -3.75. The molecule has 236 valence electrons. The summed E-state index contributed by atoms with van der Waals surface area (Å²) in [4.78, 5) is 29.5. The van der Waals surface area contributed by atoms with Gasteiger partial charge < -0.3 is 10.2 Å². The van der Waals surface area contributed by atoms with Gasteiger partial charge in [-0.15, -0.1) is 0 Å². The van der Waals surface area contributed by atoms with Crippen molar-refractivity contribution in [1.29, 1.82) is 0 Å². The Labute approximate surface area is 279 Å². The lowest BCUT2D eigenvalue weighted by Crippen LogP contribution is -2.52. The number of hydrogen-bond acceptors (Lipinski definition) is 4. The van der Waals surface area contributed by atoms with Crippen LogP contribution in [0.3, 0.4) is 0 Å². The van der Waals surface area contributed by atoms with E-state index >= 15 is 0 Å². The number of carbonyl (C=O) groups excluding carboxylic acids is 2. The van der Waals surface area contributed by atoms with Crippen LogP contribution in [0.2, 0.25) is 20.1 Å². The quantitative estimate of drug-likeness (QED) is 0.200. The van der Waals surface area contributed by atoms with E-state index < -0.39 is 16.1 Å². The second kappa shape index (κ2) is 15.7. The molecule has 3 aromatic rings. The summed E-state index contributed by atoms with van der Waals surface area (Å²) >= 11 is 25.1. The lowest BCUT2D eigenvalue weighted by Gasteiger charge is -2.33. The minimum Gasteiger partial charge on any atom is -0.352 e. The van der Waals surface area contributed by atoms with Crippen LogP contribution in [0.5, 0.6) is 0 Å². The Bertz CT molecular complexity index is 1570. The molecule has 0 saturated heterocycles. The van der Waals surface area contributed by atoms with Crippen molar-refractivity contribution >= 4 is 73.9 Å². The van der Waals surface area contributed by atoms with Gasteiger partial charge in [0.05, 0.1) is 17.0 Å². The summed E-state index contributed by atoms with van der Waals surface area (Å²) in [6.07, 6.45) is 5.39. The largest absolute Gasteiger partial charge is 0.352 e. The summed E-state index contributed by atoms with van der Waals surface area (Å²) in [6.45, 7) is 0.0537. The number of sulfonamides is 1. The first-order valence-corrected chi connectivity index (χ1v) is 17.8. The standard InChI is InChI=1S/C32H35Cl4N3O4S/c1-44(42,43)39(29-20-25(34)15-16-27(29)35)17-7-12-31(40)38(21-23-13-14-24(33)19-28(23)36)30(18-22-8-3-2-4-9-22)32(41)37-26-10-5-6-11-26/h2-4,8-9,13-16,19-20,26,30H,5-7,10-12,17-18,21H2,1H3,(H,37,41). The van der Waals surface area contributed by atoms with Crippen LogP contribution in [0.4, 0.5) is 5.69 Å². The topological polar surface area (TPSA) is 86.8 Å². The van der Waals surface area contributed by atoms with Crippen molar-refractivity contribution in [2.75, 3.05) is 17.1 Å². The van der Waals surface area contributed by atoms with Crippen molar-refractivity contribution < 1.29 is 18.0 Å². The van der Waals surface area contributed by atoms with Crippen molar-refractivity contribution in [3.05, 3.63) is 97.9 Å². The maximum absolute atomic E-state index is 14.0. The monoisotopic (exact) mass is 697 g/mol. The zero-order valence-electron chi connectivity index (χ0n) is 24.3. The molecule has 1 aliphatic carbocycles. The van der Waals surface area contributed by atoms with Gasteiger partial charge in [-0.1, -0.05) is 95.6 Å². The van der Waals surface area contributed by atoms with Gasteiger partial charge in [0.2, 0.25) is 21.8 Å². The molecule has 1 fully saturated rings. The molecule has 0 aliphatic heterocycles. The van der Waals surface area contributed by atoms with Crippen LogP contribution < -0.4 is 9.62 Å². The van der Waals surface area contributed by atoms with Crippen LogP contribution in [0.15, 0.2) is 66.7 Å². The SMILES string of the molecule is CS(=O)(=O)N(CCCC(=O)N(Cc1ccc(Cl)cc1Cl)C(Cc1ccccc1)C(=O)NC1CCCC1)c1cc(Cl)ccc1Cl. The molecule has 0 radical (unpaired) electrons. The molecule has 0 bridgehead atoms. The molecule has 0 aromatic heterocycles. The highest BCUT2D eigenvalue weighted by Gasteiger charge is 2.32. The highest BCUT2D eigenvalue weighted by molar-refractivity contribution is 7.92. The molecular weight excluding hydrogens is 664 g/mol. The van der Waals surface area contributed by atoms with Gasteiger partial charge in [0.15, 0.2) is 0 Å². The molecule has 1 aliphatic rings. The fourth-order valence-corrected chi connectivity index (χ4v) is 7.29. The van der Waals surface area contributed by atoms with E-state index in [1.165, 1.54) is 12.1 Å². The third-order valence-corrected chi connectivity index (χ3v) is 9.98. The lowest BCUT2D eigenvalue weighted by molar-refractivity contribution is -0.141. The Morgan fingerprint density at radius 3 is 2.23 bits per heavy atom. The van der Waals surface area contributed by atoms with Gasteiger partial charge in [-0.3, -0.25) is 13.9 Å². The molecule has 1 N–H and O–H groups in total. The van der Waals surface area contributed by atoms with Crippen LogP contribution in [0, 0.1) is 0 Å². The second-order valence-corrected chi connectivity index (χ2v) is 14.6. The smallest absolute Gasteiger partial charge is 0.243 e. The van der Waals surface area contributed by atoms with Gasteiger partial charge in [0.25, 0.3) is 0 Å². The normalized spacial score (nSPS) is 14.3. The van der Waals surface area contributed by atoms with Gasteiger partial charge in [0.1, 0.15) is 6.04 Å². The number of anilines is 1. The molecule has 3 aromatic carbocycles. The Morgan fingerprint density at radius 1 is 0.909 bits per heavy atom. The number of carbonyl (C=O) groups is 2. The maximum Gasteiger partial charge on any atom is 0.243 e. The predicted octanol–water partition coefficient (Wildman–Crippen LogP) is 7.55. The third kappa shape index (κ3) is 9.51. The van der Waals surface area contributed by atoms with Gasteiger partial charge in [-0.05, 0) is 60.7 Å². The molecular formula is C32H35Cl4N3O4S. The Balaban J connectivity index is 1.62. The summed E-state index contributed by atoms with van der Waals surface area (Å²) in [6, 6.07) is 18.4. The van der Waals surface area contributed by atoms with Crippen LogP contribution in [0.1, 0.15) is 49.7 Å². The number of benzene rings is 3. The van der Waals surface area contributed by atoms with E-state index in [0.29, 0.717) is 27.1 Å². The van der Waals surface area contributed by atoms with Crippen LogP contribution in [0.25, 0.3) is 0 Å². The number of rotatable bonds is 13. The predicted molar refractivity (Wildman–Crippen MR) is 179 cm³/mol. The van der Waals surface area contributed by atoms with Crippen molar-refractivity contribution in [3.8, 4) is 0 Å². The summed E-state index contributed by atoms with van der Waals surface area (Å²) in [5.41, 5.74) is 1.77. The number of nitrogens with one attached hydrogen (secondary N) is 1. The summed E-state index contributed by atoms with van der Waals surface area (Å²) in [7, 11) is -3.75. The van der Waals surface area contributed by atoms with E-state index in [-0.39, 0.29) is 54.5 Å². The molecule has 44 heavy (non-hydrogen) atoms. The summed E-state index contributed by atoms with van der Waals surface area (Å²) in [5.74, 6) is -0.549. The van der Waals surface area contributed by atoms with Crippen molar-refractivity contribution in [3.63, 3.8) is 0 Å². The first-order chi connectivity index (χ1) is 20.9. The molecule has 12 heteroatoms. The molecule has 2 amide bonds. The van der Waals surface area contributed by atoms with E-state index in [0.717, 1.165) is 41.8 Å². The number of hydrogen-bond donors (Lipinski definition) is 1. The molecule has 0 heterocycles. The van der Waals surface area contributed by atoms with E-state index in [9.17, 15) is 18.0 Å². The van der Waals surface area contributed by atoms with Gasteiger partial charge >= 0.3 is 0 Å². The summed E-state index contributed by atoms with van der Waals surface area (Å²) < 4.78 is 26.6. The highest BCUT2D eigenvalue weighted by Crippen LogP contribution is 2.31. The van der Waals surface area contributed by atoms with E-state index in [2.05, 4.69) is 5.32 Å². The molecule has 1 unspecified atom stereocenters. The van der Waals surface area contributed by atoms with Gasteiger partial charge in [0, 0.05) is 47.0 Å². The summed E-state index contributed by atoms with van der Waals surface area (Å²) in [5, 5.41) is 4.55. The number of amides is 2. The van der Waals surface area contributed by atoms with Gasteiger partial charge in [-0.2, -0.15) is 0 Å². The first-order valence-electron chi connectivity index (χ1n) is 14.4. The Morgan fingerprint density at radius 2 is 1.57 bits per heavy atom. The fraction of sp³-hybridized carbons (Fsp3) is 0.375. The molecule has 4 rings (SSSR count). The average molecular weight is 700 g/mol. The highest BCUT2D eigenvalue weighted by atomic mass is 35.5. The lowest BCUT2D eigenvalue weighted by atomic mass is 10.0. The zero-order valence-corrected chi connectivity index (χ0v) is 28.2. The Hall–Kier alpha value is -2.49. The van der Waals surface area contributed by atoms with Crippen LogP contribution in [-0.4, -0.2) is 50.0 Å². The number of halogens is 4. The minimum absolute atomic E-state index is 0.0161. The van der Waals surface area contributed by atoms with Crippen molar-refractivity contribution in [2.45, 2.75) is 63.6 Å². The zero-order chi connectivity index (χ0) is 31.9. The number of nitrogens with zero attached hydrogens (tertiary/aromatic N) is 2. The van der Waals surface area contributed by atoms with Crippen LogP contribution in [-0.2, 0) is 32.6 Å². The van der Waals surface area contributed by atoms with Crippen LogP contribution >= 0.6 is 46.4 Å².